The zero-order chi connectivity index (χ0) is 15.1. The Balaban J connectivity index is 2.99. The Morgan fingerprint density at radius 1 is 1.40 bits per heavy atom. The third kappa shape index (κ3) is 4.38. The summed E-state index contributed by atoms with van der Waals surface area (Å²) in [4.78, 5) is 22.2. The van der Waals surface area contributed by atoms with Crippen LogP contribution in [0.1, 0.15) is 31.1 Å². The third-order valence-corrected chi connectivity index (χ3v) is 2.60. The van der Waals surface area contributed by atoms with Crippen molar-refractivity contribution in [2.24, 2.45) is 0 Å². The molecule has 0 aliphatic rings. The summed E-state index contributed by atoms with van der Waals surface area (Å²) in [5.41, 5.74) is 1.71. The average Bonchev–Trinajstić information content (AvgIpc) is 2.38. The molecule has 0 heterocycles. The van der Waals surface area contributed by atoms with Crippen molar-refractivity contribution in [1.29, 1.82) is 0 Å². The maximum atomic E-state index is 11.7. The highest BCUT2D eigenvalue weighted by Crippen LogP contribution is 2.25. The topological polar surface area (TPSA) is 84.3 Å². The lowest BCUT2D eigenvalue weighted by Gasteiger charge is -2.07. The summed E-state index contributed by atoms with van der Waals surface area (Å²) < 4.78 is 0. The van der Waals surface area contributed by atoms with Gasteiger partial charge in [0, 0.05) is 24.7 Å². The van der Waals surface area contributed by atoms with Gasteiger partial charge in [0.1, 0.15) is 5.69 Å². The number of nitrogens with zero attached hydrogens (tertiary/aromatic N) is 1. The van der Waals surface area contributed by atoms with Crippen LogP contribution in [0.15, 0.2) is 29.8 Å². The van der Waals surface area contributed by atoms with Gasteiger partial charge in [-0.3, -0.25) is 14.9 Å². The number of hydrogen-bond donors (Lipinski definition) is 2. The number of nitrogens with one attached hydrogen (secondary N) is 2. The predicted octanol–water partition coefficient (Wildman–Crippen LogP) is 2.72. The number of carbonyl (C=O) groups excluding carboxylic acids is 1. The monoisotopic (exact) mass is 277 g/mol. The van der Waals surface area contributed by atoms with Crippen molar-refractivity contribution in [2.75, 3.05) is 18.4 Å². The standard InChI is InChI=1S/C14H19N3O3/c1-4-15-14(18)11-5-6-12(13(9-11)17(19)20)16-8-7-10(2)3/h5-7,9,16H,4,8H2,1-3H3,(H,15,18). The van der Waals surface area contributed by atoms with Crippen molar-refractivity contribution in [3.63, 3.8) is 0 Å². The lowest BCUT2D eigenvalue weighted by molar-refractivity contribution is -0.384. The molecular weight excluding hydrogens is 258 g/mol. The molecule has 0 aliphatic heterocycles. The molecule has 1 aromatic carbocycles. The second-order valence-corrected chi connectivity index (χ2v) is 4.51. The molecule has 1 rings (SSSR count). The fraction of sp³-hybridized carbons (Fsp3) is 0.357. The van der Waals surface area contributed by atoms with Crippen molar-refractivity contribution >= 4 is 17.3 Å². The quantitative estimate of drug-likeness (QED) is 0.475. The van der Waals surface area contributed by atoms with Gasteiger partial charge in [0.15, 0.2) is 0 Å². The number of amides is 1. The van der Waals surface area contributed by atoms with Crippen LogP contribution in [0, 0.1) is 10.1 Å². The van der Waals surface area contributed by atoms with E-state index in [4.69, 9.17) is 0 Å². The molecule has 0 radical (unpaired) electrons. The summed E-state index contributed by atoms with van der Waals surface area (Å²) in [5.74, 6) is -0.313. The first kappa shape index (κ1) is 15.7. The summed E-state index contributed by atoms with van der Waals surface area (Å²) in [7, 11) is 0. The minimum Gasteiger partial charge on any atom is -0.376 e. The summed E-state index contributed by atoms with van der Waals surface area (Å²) in [6, 6.07) is 4.42. The molecule has 0 saturated heterocycles. The first-order valence-electron chi connectivity index (χ1n) is 6.39. The minimum atomic E-state index is -0.492. The summed E-state index contributed by atoms with van der Waals surface area (Å²) in [5, 5.41) is 16.7. The summed E-state index contributed by atoms with van der Waals surface area (Å²) >= 11 is 0. The molecule has 2 N–H and O–H groups in total. The normalized spacial score (nSPS) is 9.75. The predicted molar refractivity (Wildman–Crippen MR) is 79.0 cm³/mol. The van der Waals surface area contributed by atoms with Gasteiger partial charge in [-0.05, 0) is 32.9 Å². The highest BCUT2D eigenvalue weighted by atomic mass is 16.6. The first-order valence-corrected chi connectivity index (χ1v) is 6.39. The molecule has 6 nitrogen and oxygen atoms in total. The van der Waals surface area contributed by atoms with E-state index in [1.807, 2.05) is 19.9 Å². The minimum absolute atomic E-state index is 0.101. The van der Waals surface area contributed by atoms with Gasteiger partial charge in [-0.2, -0.15) is 0 Å². The molecule has 1 amide bonds. The highest BCUT2D eigenvalue weighted by molar-refractivity contribution is 5.95. The molecule has 0 saturated carbocycles. The Labute approximate surface area is 118 Å². The van der Waals surface area contributed by atoms with Gasteiger partial charge in [0.05, 0.1) is 4.92 Å². The van der Waals surface area contributed by atoms with Crippen molar-refractivity contribution in [3.05, 3.63) is 45.5 Å². The molecule has 0 aromatic heterocycles. The van der Waals surface area contributed by atoms with E-state index in [-0.39, 0.29) is 17.2 Å². The lowest BCUT2D eigenvalue weighted by Crippen LogP contribution is -2.22. The van der Waals surface area contributed by atoms with Crippen LogP contribution >= 0.6 is 0 Å². The van der Waals surface area contributed by atoms with Gasteiger partial charge < -0.3 is 10.6 Å². The number of rotatable bonds is 6. The Morgan fingerprint density at radius 2 is 2.10 bits per heavy atom. The van der Waals surface area contributed by atoms with E-state index in [0.29, 0.717) is 18.8 Å². The number of anilines is 1. The number of nitro groups is 1. The summed E-state index contributed by atoms with van der Waals surface area (Å²) in [6.07, 6.45) is 1.93. The SMILES string of the molecule is CCNC(=O)c1ccc(NCC=C(C)C)c([N+](=O)[O-])c1. The zero-order valence-corrected chi connectivity index (χ0v) is 11.9. The second kappa shape index (κ2) is 7.28. The Kier molecular flexibility index (Phi) is 5.71. The molecule has 6 heteroatoms. The molecule has 0 spiro atoms. The smallest absolute Gasteiger partial charge is 0.293 e. The van der Waals surface area contributed by atoms with Crippen LogP contribution in [-0.2, 0) is 0 Å². The first-order chi connectivity index (χ1) is 9.45. The van der Waals surface area contributed by atoms with E-state index in [0.717, 1.165) is 5.57 Å². The van der Waals surface area contributed by atoms with Crippen molar-refractivity contribution < 1.29 is 9.72 Å². The van der Waals surface area contributed by atoms with Gasteiger partial charge in [-0.15, -0.1) is 0 Å². The fourth-order valence-corrected chi connectivity index (χ4v) is 1.60. The molecule has 0 fully saturated rings. The van der Waals surface area contributed by atoms with Crippen LogP contribution < -0.4 is 10.6 Å². The van der Waals surface area contributed by atoms with E-state index >= 15 is 0 Å². The molecular formula is C14H19N3O3. The summed E-state index contributed by atoms with van der Waals surface area (Å²) in [6.45, 7) is 6.68. The van der Waals surface area contributed by atoms with E-state index < -0.39 is 4.92 Å². The van der Waals surface area contributed by atoms with Gasteiger partial charge in [0.2, 0.25) is 0 Å². The van der Waals surface area contributed by atoms with Gasteiger partial charge in [-0.1, -0.05) is 11.6 Å². The number of benzene rings is 1. The molecule has 0 unspecified atom stereocenters. The Bertz CT molecular complexity index is 534. The Hall–Kier alpha value is -2.37. The van der Waals surface area contributed by atoms with Gasteiger partial charge >= 0.3 is 0 Å². The fourth-order valence-electron chi connectivity index (χ4n) is 1.60. The molecule has 0 aliphatic carbocycles. The van der Waals surface area contributed by atoms with E-state index in [1.165, 1.54) is 6.07 Å². The number of nitro benzene ring substituents is 1. The molecule has 108 valence electrons. The number of allylic oxidation sites excluding steroid dienone is 1. The Morgan fingerprint density at radius 3 is 2.65 bits per heavy atom. The second-order valence-electron chi connectivity index (χ2n) is 4.51. The van der Waals surface area contributed by atoms with E-state index in [9.17, 15) is 14.9 Å². The molecule has 0 atom stereocenters. The van der Waals surface area contributed by atoms with Crippen molar-refractivity contribution in [3.8, 4) is 0 Å². The molecule has 1 aromatic rings. The van der Waals surface area contributed by atoms with E-state index in [1.54, 1.807) is 19.1 Å². The van der Waals surface area contributed by atoms with Crippen molar-refractivity contribution in [1.82, 2.24) is 5.32 Å². The molecule has 0 bridgehead atoms. The van der Waals surface area contributed by atoms with Crippen LogP contribution in [0.2, 0.25) is 0 Å². The van der Waals surface area contributed by atoms with Crippen LogP contribution in [0.4, 0.5) is 11.4 Å². The van der Waals surface area contributed by atoms with Crippen LogP contribution in [0.3, 0.4) is 0 Å². The van der Waals surface area contributed by atoms with Crippen LogP contribution in [-0.4, -0.2) is 23.9 Å². The van der Waals surface area contributed by atoms with Gasteiger partial charge in [-0.25, -0.2) is 0 Å². The van der Waals surface area contributed by atoms with Crippen molar-refractivity contribution in [2.45, 2.75) is 20.8 Å². The zero-order valence-electron chi connectivity index (χ0n) is 11.9. The number of carbonyl (C=O) groups is 1. The van der Waals surface area contributed by atoms with Crippen LogP contribution in [0.5, 0.6) is 0 Å². The maximum absolute atomic E-state index is 11.7. The van der Waals surface area contributed by atoms with E-state index in [2.05, 4.69) is 10.6 Å². The highest BCUT2D eigenvalue weighted by Gasteiger charge is 2.16. The largest absolute Gasteiger partial charge is 0.376 e. The van der Waals surface area contributed by atoms with Crippen LogP contribution in [0.25, 0.3) is 0 Å². The lowest BCUT2D eigenvalue weighted by atomic mass is 10.1. The van der Waals surface area contributed by atoms with Gasteiger partial charge in [0.25, 0.3) is 11.6 Å². The number of hydrogen-bond acceptors (Lipinski definition) is 4. The molecule has 20 heavy (non-hydrogen) atoms. The average molecular weight is 277 g/mol. The third-order valence-electron chi connectivity index (χ3n) is 2.60. The maximum Gasteiger partial charge on any atom is 0.293 e.